The third kappa shape index (κ3) is 3.65. The maximum Gasteiger partial charge on any atom is 0.0719 e. The van der Waals surface area contributed by atoms with E-state index in [0.29, 0.717) is 12.6 Å². The zero-order chi connectivity index (χ0) is 14.5. The van der Waals surface area contributed by atoms with E-state index in [1.807, 2.05) is 6.92 Å². The molecule has 1 saturated heterocycles. The average molecular weight is 289 g/mol. The fraction of sp³-hybridized carbons (Fsp3) is 0.667. The monoisotopic (exact) mass is 289 g/mol. The lowest BCUT2D eigenvalue weighted by atomic mass is 9.74. The van der Waals surface area contributed by atoms with Crippen LogP contribution >= 0.6 is 0 Å². The molecule has 1 aliphatic heterocycles. The molecule has 1 spiro atoms. The van der Waals surface area contributed by atoms with Crippen LogP contribution in [-0.2, 0) is 22.6 Å². The number of hydrogen-bond donors (Lipinski definition) is 1. The molecule has 0 amide bonds. The smallest absolute Gasteiger partial charge is 0.0719 e. The minimum atomic E-state index is 0.223. The van der Waals surface area contributed by atoms with E-state index in [2.05, 4.69) is 29.6 Å². The van der Waals surface area contributed by atoms with Crippen molar-refractivity contribution in [3.05, 3.63) is 35.4 Å². The van der Waals surface area contributed by atoms with Crippen LogP contribution in [0.5, 0.6) is 0 Å². The molecule has 1 heterocycles. The van der Waals surface area contributed by atoms with Crippen LogP contribution in [0.3, 0.4) is 0 Å². The number of rotatable bonds is 6. The van der Waals surface area contributed by atoms with Crippen molar-refractivity contribution in [3.8, 4) is 0 Å². The lowest BCUT2D eigenvalue weighted by molar-refractivity contribution is -0.135. The van der Waals surface area contributed by atoms with Crippen LogP contribution in [0.15, 0.2) is 24.3 Å². The molecule has 1 aromatic carbocycles. The number of hydrogen-bond acceptors (Lipinski definition) is 3. The molecule has 2 fully saturated rings. The van der Waals surface area contributed by atoms with Crippen molar-refractivity contribution in [2.24, 2.45) is 0 Å². The van der Waals surface area contributed by atoms with Crippen molar-refractivity contribution in [3.63, 3.8) is 0 Å². The molecule has 1 unspecified atom stereocenters. The number of nitrogens with one attached hydrogen (secondary N) is 1. The highest BCUT2D eigenvalue weighted by Crippen LogP contribution is 2.42. The topological polar surface area (TPSA) is 30.5 Å². The zero-order valence-corrected chi connectivity index (χ0v) is 13.1. The van der Waals surface area contributed by atoms with Crippen molar-refractivity contribution in [2.45, 2.75) is 63.8 Å². The van der Waals surface area contributed by atoms with Gasteiger partial charge in [0.25, 0.3) is 0 Å². The largest absolute Gasteiger partial charge is 0.377 e. The first-order valence-corrected chi connectivity index (χ1v) is 8.33. The summed E-state index contributed by atoms with van der Waals surface area (Å²) >= 11 is 0. The first-order chi connectivity index (χ1) is 10.3. The minimum absolute atomic E-state index is 0.223. The van der Waals surface area contributed by atoms with Gasteiger partial charge in [-0.2, -0.15) is 0 Å². The quantitative estimate of drug-likeness (QED) is 0.870. The summed E-state index contributed by atoms with van der Waals surface area (Å²) in [5.41, 5.74) is 2.89. The fourth-order valence-corrected chi connectivity index (χ4v) is 3.46. The van der Waals surface area contributed by atoms with Gasteiger partial charge < -0.3 is 14.8 Å². The van der Waals surface area contributed by atoms with Crippen molar-refractivity contribution >= 4 is 0 Å². The van der Waals surface area contributed by atoms with Crippen LogP contribution in [0.2, 0.25) is 0 Å². The Morgan fingerprint density at radius 1 is 1.29 bits per heavy atom. The maximum atomic E-state index is 6.00. The first-order valence-electron chi connectivity index (χ1n) is 8.33. The van der Waals surface area contributed by atoms with Crippen LogP contribution < -0.4 is 5.32 Å². The fourth-order valence-electron chi connectivity index (χ4n) is 3.46. The summed E-state index contributed by atoms with van der Waals surface area (Å²) in [6.07, 6.45) is 6.16. The molecule has 3 nitrogen and oxygen atoms in total. The molecular formula is C18H27NO2. The third-order valence-electron chi connectivity index (χ3n) is 4.92. The normalized spacial score (nSPS) is 24.0. The molecule has 116 valence electrons. The van der Waals surface area contributed by atoms with E-state index in [1.165, 1.54) is 36.8 Å². The van der Waals surface area contributed by atoms with E-state index in [4.69, 9.17) is 9.47 Å². The Kier molecular flexibility index (Phi) is 4.94. The highest BCUT2D eigenvalue weighted by Gasteiger charge is 2.42. The molecule has 3 heteroatoms. The van der Waals surface area contributed by atoms with Crippen LogP contribution in [0.25, 0.3) is 0 Å². The van der Waals surface area contributed by atoms with E-state index in [1.54, 1.807) is 0 Å². The lowest BCUT2D eigenvalue weighted by Crippen LogP contribution is -2.50. The van der Waals surface area contributed by atoms with Gasteiger partial charge in [-0.05, 0) is 50.2 Å². The standard InChI is InChI=1S/C18H27NO2/c1-2-20-14-16-7-4-3-6-15(16)13-19-17-8-11-21-18(12-17)9-5-10-18/h3-4,6-7,17,19H,2,5,8-14H2,1H3. The molecule has 1 aliphatic carbocycles. The lowest BCUT2D eigenvalue weighted by Gasteiger charge is -2.47. The molecule has 0 bridgehead atoms. The number of benzene rings is 1. The first kappa shape index (κ1) is 15.0. The zero-order valence-electron chi connectivity index (χ0n) is 13.1. The number of ether oxygens (including phenoxy) is 2. The van der Waals surface area contributed by atoms with Gasteiger partial charge in [0.05, 0.1) is 12.2 Å². The Hall–Kier alpha value is -0.900. The van der Waals surface area contributed by atoms with Gasteiger partial charge in [-0.15, -0.1) is 0 Å². The Bertz CT molecular complexity index is 456. The van der Waals surface area contributed by atoms with Gasteiger partial charge in [-0.3, -0.25) is 0 Å². The van der Waals surface area contributed by atoms with Crippen LogP contribution in [0, 0.1) is 0 Å². The molecule has 1 saturated carbocycles. The van der Waals surface area contributed by atoms with Crippen LogP contribution in [-0.4, -0.2) is 24.9 Å². The molecule has 1 N–H and O–H groups in total. The van der Waals surface area contributed by atoms with Gasteiger partial charge in [-0.25, -0.2) is 0 Å². The van der Waals surface area contributed by atoms with E-state index < -0.39 is 0 Å². The Balaban J connectivity index is 1.54. The Morgan fingerprint density at radius 3 is 2.81 bits per heavy atom. The van der Waals surface area contributed by atoms with Gasteiger partial charge in [0.1, 0.15) is 0 Å². The summed E-state index contributed by atoms with van der Waals surface area (Å²) in [5, 5.41) is 3.74. The van der Waals surface area contributed by atoms with Gasteiger partial charge in [-0.1, -0.05) is 24.3 Å². The van der Waals surface area contributed by atoms with Gasteiger partial charge >= 0.3 is 0 Å². The molecule has 2 aliphatic rings. The highest BCUT2D eigenvalue weighted by atomic mass is 16.5. The van der Waals surface area contributed by atoms with Gasteiger partial charge in [0, 0.05) is 25.8 Å². The average Bonchev–Trinajstić information content (AvgIpc) is 2.50. The summed E-state index contributed by atoms with van der Waals surface area (Å²) < 4.78 is 11.6. The van der Waals surface area contributed by atoms with Crippen molar-refractivity contribution < 1.29 is 9.47 Å². The molecule has 1 aromatic rings. The van der Waals surface area contributed by atoms with Crippen LogP contribution in [0.4, 0.5) is 0 Å². The molecule has 3 rings (SSSR count). The summed E-state index contributed by atoms with van der Waals surface area (Å²) in [6.45, 7) is 5.37. The second kappa shape index (κ2) is 6.91. The van der Waals surface area contributed by atoms with Gasteiger partial charge in [0.15, 0.2) is 0 Å². The summed E-state index contributed by atoms with van der Waals surface area (Å²) in [4.78, 5) is 0. The molecule has 0 radical (unpaired) electrons. The van der Waals surface area contributed by atoms with Crippen molar-refractivity contribution in [1.82, 2.24) is 5.32 Å². The molecule has 1 atom stereocenters. The Labute approximate surface area is 128 Å². The predicted octanol–water partition coefficient (Wildman–Crippen LogP) is 3.41. The highest BCUT2D eigenvalue weighted by molar-refractivity contribution is 5.26. The second-order valence-corrected chi connectivity index (χ2v) is 6.36. The molecular weight excluding hydrogens is 262 g/mol. The van der Waals surface area contributed by atoms with Gasteiger partial charge in [0.2, 0.25) is 0 Å². The van der Waals surface area contributed by atoms with E-state index in [9.17, 15) is 0 Å². The van der Waals surface area contributed by atoms with E-state index in [-0.39, 0.29) is 5.60 Å². The minimum Gasteiger partial charge on any atom is -0.377 e. The van der Waals surface area contributed by atoms with E-state index in [0.717, 1.165) is 26.2 Å². The van der Waals surface area contributed by atoms with Crippen molar-refractivity contribution in [2.75, 3.05) is 13.2 Å². The SMILES string of the molecule is CCOCc1ccccc1CNC1CCOC2(CCC2)C1. The second-order valence-electron chi connectivity index (χ2n) is 6.36. The molecule has 0 aromatic heterocycles. The predicted molar refractivity (Wildman–Crippen MR) is 84.2 cm³/mol. The summed E-state index contributed by atoms with van der Waals surface area (Å²) in [5.74, 6) is 0. The summed E-state index contributed by atoms with van der Waals surface area (Å²) in [7, 11) is 0. The van der Waals surface area contributed by atoms with E-state index >= 15 is 0 Å². The summed E-state index contributed by atoms with van der Waals surface area (Å²) in [6, 6.07) is 9.18. The Morgan fingerprint density at radius 2 is 2.10 bits per heavy atom. The maximum absolute atomic E-state index is 6.00. The third-order valence-corrected chi connectivity index (χ3v) is 4.92. The van der Waals surface area contributed by atoms with Crippen molar-refractivity contribution in [1.29, 1.82) is 0 Å². The van der Waals surface area contributed by atoms with Crippen LogP contribution in [0.1, 0.15) is 50.2 Å². The molecule has 21 heavy (non-hydrogen) atoms.